The third kappa shape index (κ3) is 4.95. The number of hydrogen-bond donors (Lipinski definition) is 2. The Morgan fingerprint density at radius 3 is 2.00 bits per heavy atom. The van der Waals surface area contributed by atoms with Gasteiger partial charge in [-0.3, -0.25) is 0 Å². The zero-order valence-corrected chi connectivity index (χ0v) is 13.7. The summed E-state index contributed by atoms with van der Waals surface area (Å²) in [6, 6.07) is 15.9. The monoisotopic (exact) mass is 318 g/mol. The van der Waals surface area contributed by atoms with Crippen molar-refractivity contribution in [1.29, 1.82) is 0 Å². The Kier molecular flexibility index (Phi) is 5.90. The average Bonchev–Trinajstić information content (AvgIpc) is 2.50. The van der Waals surface area contributed by atoms with Gasteiger partial charge in [0.2, 0.25) is 0 Å². The van der Waals surface area contributed by atoms with Crippen LogP contribution < -0.4 is 15.4 Å². The first kappa shape index (κ1) is 15.7. The van der Waals surface area contributed by atoms with E-state index in [4.69, 9.17) is 17.0 Å². The smallest absolute Gasteiger partial charge is 0.175 e. The molecule has 3 nitrogen and oxygen atoms in total. The van der Waals surface area contributed by atoms with Crippen molar-refractivity contribution in [2.45, 2.75) is 11.8 Å². The molecule has 0 fully saturated rings. The van der Waals surface area contributed by atoms with Crippen LogP contribution in [0.2, 0.25) is 0 Å². The molecule has 2 N–H and O–H groups in total. The van der Waals surface area contributed by atoms with E-state index < -0.39 is 0 Å². The van der Waals surface area contributed by atoms with Crippen LogP contribution in [-0.4, -0.2) is 18.0 Å². The highest BCUT2D eigenvalue weighted by Crippen LogP contribution is 2.18. The van der Waals surface area contributed by atoms with Crippen LogP contribution in [0.5, 0.6) is 5.75 Å². The molecule has 0 aliphatic heterocycles. The molecule has 0 amide bonds. The number of nitrogens with one attached hydrogen (secondary N) is 2. The molecule has 0 aliphatic carbocycles. The lowest BCUT2D eigenvalue weighted by atomic mass is 10.3. The molecule has 0 aliphatic rings. The van der Waals surface area contributed by atoms with Gasteiger partial charge >= 0.3 is 0 Å². The summed E-state index contributed by atoms with van der Waals surface area (Å²) in [5.74, 6) is 0.856. The number of thiocarbonyl (C=S) groups is 1. The lowest BCUT2D eigenvalue weighted by Gasteiger charge is -2.11. The molecule has 0 unspecified atom stereocenters. The van der Waals surface area contributed by atoms with Crippen molar-refractivity contribution >= 4 is 40.5 Å². The van der Waals surface area contributed by atoms with Crippen molar-refractivity contribution in [1.82, 2.24) is 0 Å². The SMILES string of the molecule is CCOc1ccc(NC(=S)Nc2ccc(SC)cc2)cc1. The van der Waals surface area contributed by atoms with E-state index in [9.17, 15) is 0 Å². The minimum atomic E-state index is 0.566. The molecule has 5 heteroatoms. The number of ether oxygens (including phenoxy) is 1. The first-order chi connectivity index (χ1) is 10.2. The number of benzene rings is 2. The molecule has 110 valence electrons. The molecule has 0 saturated carbocycles. The highest BCUT2D eigenvalue weighted by atomic mass is 32.2. The fourth-order valence-corrected chi connectivity index (χ4v) is 2.41. The molecule has 21 heavy (non-hydrogen) atoms. The Hall–Kier alpha value is -1.72. The summed E-state index contributed by atoms with van der Waals surface area (Å²) in [5.41, 5.74) is 1.90. The minimum Gasteiger partial charge on any atom is -0.494 e. The summed E-state index contributed by atoms with van der Waals surface area (Å²) in [5, 5.41) is 6.87. The molecule has 0 bridgehead atoms. The first-order valence-electron chi connectivity index (χ1n) is 6.66. The maximum absolute atomic E-state index is 5.41. The van der Waals surface area contributed by atoms with Crippen LogP contribution in [0.4, 0.5) is 11.4 Å². The fourth-order valence-electron chi connectivity index (χ4n) is 1.77. The van der Waals surface area contributed by atoms with E-state index in [0.29, 0.717) is 11.7 Å². The van der Waals surface area contributed by atoms with Gasteiger partial charge in [0, 0.05) is 16.3 Å². The second kappa shape index (κ2) is 7.90. The number of anilines is 2. The van der Waals surface area contributed by atoms with E-state index in [1.165, 1.54) is 4.90 Å². The molecule has 0 saturated heterocycles. The maximum Gasteiger partial charge on any atom is 0.175 e. The lowest BCUT2D eigenvalue weighted by Crippen LogP contribution is -2.18. The Bertz CT molecular complexity index is 582. The molecule has 2 aromatic carbocycles. The van der Waals surface area contributed by atoms with Gasteiger partial charge in [-0.15, -0.1) is 11.8 Å². The predicted octanol–water partition coefficient (Wildman–Crippen LogP) is 4.62. The van der Waals surface area contributed by atoms with Crippen molar-refractivity contribution in [3.8, 4) is 5.75 Å². The van der Waals surface area contributed by atoms with Gasteiger partial charge < -0.3 is 15.4 Å². The maximum atomic E-state index is 5.41. The van der Waals surface area contributed by atoms with Crippen molar-refractivity contribution in [2.75, 3.05) is 23.5 Å². The van der Waals surface area contributed by atoms with Gasteiger partial charge in [0.25, 0.3) is 0 Å². The molecule has 0 radical (unpaired) electrons. The van der Waals surface area contributed by atoms with Gasteiger partial charge in [-0.2, -0.15) is 0 Å². The zero-order valence-electron chi connectivity index (χ0n) is 12.1. The van der Waals surface area contributed by atoms with Crippen molar-refractivity contribution < 1.29 is 4.74 Å². The van der Waals surface area contributed by atoms with E-state index in [2.05, 4.69) is 29.0 Å². The Morgan fingerprint density at radius 1 is 1.00 bits per heavy atom. The summed E-state index contributed by atoms with van der Waals surface area (Å²) in [6.45, 7) is 2.63. The van der Waals surface area contributed by atoms with Crippen LogP contribution in [0.15, 0.2) is 53.4 Å². The third-order valence-corrected chi connectivity index (χ3v) is 3.72. The van der Waals surface area contributed by atoms with Gasteiger partial charge in [0.05, 0.1) is 6.61 Å². The van der Waals surface area contributed by atoms with Crippen LogP contribution in [0.3, 0.4) is 0 Å². The summed E-state index contributed by atoms with van der Waals surface area (Å²) in [4.78, 5) is 1.23. The average molecular weight is 318 g/mol. The summed E-state index contributed by atoms with van der Waals surface area (Å²) >= 11 is 7.02. The normalized spacial score (nSPS) is 10.0. The quantitative estimate of drug-likeness (QED) is 0.621. The topological polar surface area (TPSA) is 33.3 Å². The molecule has 2 rings (SSSR count). The Morgan fingerprint density at radius 2 is 1.52 bits per heavy atom. The van der Waals surface area contributed by atoms with E-state index in [1.807, 2.05) is 43.3 Å². The second-order valence-corrected chi connectivity index (χ2v) is 5.55. The standard InChI is InChI=1S/C16H18N2OS2/c1-3-19-14-8-4-12(5-9-14)17-16(20)18-13-6-10-15(21-2)11-7-13/h4-11H,3H2,1-2H3,(H2,17,18,20). The van der Waals surface area contributed by atoms with Crippen molar-refractivity contribution in [3.63, 3.8) is 0 Å². The van der Waals surface area contributed by atoms with Gasteiger partial charge in [-0.25, -0.2) is 0 Å². The Labute approximate surface area is 135 Å². The van der Waals surface area contributed by atoms with E-state index in [-0.39, 0.29) is 0 Å². The third-order valence-electron chi connectivity index (χ3n) is 2.77. The molecule has 0 heterocycles. The van der Waals surface area contributed by atoms with E-state index >= 15 is 0 Å². The number of rotatable bonds is 5. The predicted molar refractivity (Wildman–Crippen MR) is 95.7 cm³/mol. The molecular weight excluding hydrogens is 300 g/mol. The van der Waals surface area contributed by atoms with Crippen LogP contribution in [0.1, 0.15) is 6.92 Å². The zero-order chi connectivity index (χ0) is 15.1. The van der Waals surface area contributed by atoms with Gasteiger partial charge in [0.15, 0.2) is 5.11 Å². The summed E-state index contributed by atoms with van der Waals surface area (Å²) < 4.78 is 5.41. The number of thioether (sulfide) groups is 1. The second-order valence-electron chi connectivity index (χ2n) is 4.27. The fraction of sp³-hybridized carbons (Fsp3) is 0.188. The molecule has 0 aromatic heterocycles. The van der Waals surface area contributed by atoms with Crippen LogP contribution in [0.25, 0.3) is 0 Å². The molecule has 0 spiro atoms. The van der Waals surface area contributed by atoms with Crippen molar-refractivity contribution in [2.24, 2.45) is 0 Å². The van der Waals surface area contributed by atoms with Gasteiger partial charge in [0.1, 0.15) is 5.75 Å². The summed E-state index contributed by atoms with van der Waals surface area (Å²) in [7, 11) is 0. The van der Waals surface area contributed by atoms with Crippen LogP contribution >= 0.6 is 24.0 Å². The highest BCUT2D eigenvalue weighted by Gasteiger charge is 2.00. The lowest BCUT2D eigenvalue weighted by molar-refractivity contribution is 0.340. The van der Waals surface area contributed by atoms with Crippen molar-refractivity contribution in [3.05, 3.63) is 48.5 Å². The van der Waals surface area contributed by atoms with Crippen LogP contribution in [-0.2, 0) is 0 Å². The van der Waals surface area contributed by atoms with E-state index in [0.717, 1.165) is 17.1 Å². The van der Waals surface area contributed by atoms with Crippen LogP contribution in [0, 0.1) is 0 Å². The largest absolute Gasteiger partial charge is 0.494 e. The highest BCUT2D eigenvalue weighted by molar-refractivity contribution is 7.98. The minimum absolute atomic E-state index is 0.566. The van der Waals surface area contributed by atoms with E-state index in [1.54, 1.807) is 11.8 Å². The molecule has 0 atom stereocenters. The first-order valence-corrected chi connectivity index (χ1v) is 8.29. The van der Waals surface area contributed by atoms with Gasteiger partial charge in [-0.05, 0) is 73.9 Å². The van der Waals surface area contributed by atoms with Gasteiger partial charge in [-0.1, -0.05) is 0 Å². The number of hydrogen-bond acceptors (Lipinski definition) is 3. The molecule has 2 aromatic rings. The summed E-state index contributed by atoms with van der Waals surface area (Å²) in [6.07, 6.45) is 2.06. The Balaban J connectivity index is 1.91. The molecular formula is C16H18N2OS2.